The van der Waals surface area contributed by atoms with Crippen molar-refractivity contribution in [1.29, 1.82) is 0 Å². The number of carbonyl (C=O) groups excluding carboxylic acids is 2. The van der Waals surface area contributed by atoms with Crippen LogP contribution in [0.5, 0.6) is 11.5 Å². The molecule has 7 heteroatoms. The monoisotopic (exact) mass is 373 g/mol. The van der Waals surface area contributed by atoms with Gasteiger partial charge in [0, 0.05) is 13.0 Å². The number of para-hydroxylation sites is 2. The highest BCUT2D eigenvalue weighted by molar-refractivity contribution is 6.00. The molecule has 2 aromatic rings. The first-order chi connectivity index (χ1) is 13.1. The van der Waals surface area contributed by atoms with Crippen LogP contribution in [0, 0.1) is 11.7 Å². The molecule has 0 aliphatic carbocycles. The van der Waals surface area contributed by atoms with E-state index < -0.39 is 11.9 Å². The summed E-state index contributed by atoms with van der Waals surface area (Å²) in [7, 11) is 1.53. The molecule has 1 aliphatic heterocycles. The fourth-order valence-electron chi connectivity index (χ4n) is 2.90. The molecule has 1 fully saturated rings. The molecule has 0 radical (unpaired) electrons. The van der Waals surface area contributed by atoms with Crippen LogP contribution >= 0.6 is 0 Å². The molecule has 0 bridgehead atoms. The summed E-state index contributed by atoms with van der Waals surface area (Å²) in [5.41, 5.74) is 0.639. The fraction of sp³-hybridized carbons (Fsp3) is 0.300. The van der Waals surface area contributed by atoms with Gasteiger partial charge in [-0.2, -0.15) is 0 Å². The largest absolute Gasteiger partial charge is 0.495 e. The van der Waals surface area contributed by atoms with Crippen LogP contribution in [0.25, 0.3) is 0 Å². The zero-order chi connectivity index (χ0) is 19.2. The maximum Gasteiger partial charge on any atom is 0.311 e. The number of nitrogens with zero attached hydrogens (tertiary/aromatic N) is 1. The standard InChI is InChI=1S/C20H20FNO5/c1-25-18-5-3-2-4-17(18)22-13-14(12-19(22)23)20(24)27-11-10-26-16-8-6-15(21)7-9-16/h2-9,14H,10-13H2,1H3/t14-/m1/s1. The molecule has 3 rings (SSSR count). The quantitative estimate of drug-likeness (QED) is 0.552. The summed E-state index contributed by atoms with van der Waals surface area (Å²) in [5.74, 6) is -0.404. The Morgan fingerprint density at radius 3 is 2.63 bits per heavy atom. The van der Waals surface area contributed by atoms with Gasteiger partial charge in [0.05, 0.1) is 18.7 Å². The summed E-state index contributed by atoms with van der Waals surface area (Å²) >= 11 is 0. The minimum absolute atomic E-state index is 0.0511. The maximum absolute atomic E-state index is 12.8. The van der Waals surface area contributed by atoms with E-state index in [4.69, 9.17) is 14.2 Å². The second-order valence-corrected chi connectivity index (χ2v) is 6.05. The van der Waals surface area contributed by atoms with Gasteiger partial charge in [0.1, 0.15) is 30.5 Å². The van der Waals surface area contributed by atoms with Gasteiger partial charge < -0.3 is 19.1 Å². The Kier molecular flexibility index (Phi) is 5.90. The summed E-state index contributed by atoms with van der Waals surface area (Å²) in [6.45, 7) is 0.445. The van der Waals surface area contributed by atoms with Gasteiger partial charge in [-0.15, -0.1) is 0 Å². The van der Waals surface area contributed by atoms with Gasteiger partial charge in [-0.3, -0.25) is 9.59 Å². The lowest BCUT2D eigenvalue weighted by Crippen LogP contribution is -2.27. The first-order valence-electron chi connectivity index (χ1n) is 8.57. The molecule has 0 spiro atoms. The number of halogens is 1. The van der Waals surface area contributed by atoms with Crippen molar-refractivity contribution in [2.24, 2.45) is 5.92 Å². The van der Waals surface area contributed by atoms with E-state index in [1.807, 2.05) is 12.1 Å². The molecular formula is C20H20FNO5. The number of rotatable bonds is 7. The van der Waals surface area contributed by atoms with Crippen molar-refractivity contribution in [3.05, 3.63) is 54.3 Å². The van der Waals surface area contributed by atoms with E-state index in [0.717, 1.165) is 0 Å². The average molecular weight is 373 g/mol. The normalized spacial score (nSPS) is 16.3. The fourth-order valence-corrected chi connectivity index (χ4v) is 2.90. The van der Waals surface area contributed by atoms with E-state index in [1.165, 1.54) is 31.4 Å². The number of benzene rings is 2. The molecule has 1 amide bonds. The summed E-state index contributed by atoms with van der Waals surface area (Å²) in [4.78, 5) is 26.1. The van der Waals surface area contributed by atoms with Crippen molar-refractivity contribution < 1.29 is 28.2 Å². The van der Waals surface area contributed by atoms with Crippen molar-refractivity contribution in [2.45, 2.75) is 6.42 Å². The number of ether oxygens (including phenoxy) is 3. The lowest BCUT2D eigenvalue weighted by Gasteiger charge is -2.19. The summed E-state index contributed by atoms with van der Waals surface area (Å²) in [6, 6.07) is 12.7. The van der Waals surface area contributed by atoms with Crippen LogP contribution in [0.15, 0.2) is 48.5 Å². The molecule has 1 heterocycles. The summed E-state index contributed by atoms with van der Waals surface area (Å²) in [6.07, 6.45) is 0.0930. The van der Waals surface area contributed by atoms with E-state index in [9.17, 15) is 14.0 Å². The Hall–Kier alpha value is -3.09. The number of methoxy groups -OCH3 is 1. The Morgan fingerprint density at radius 2 is 1.89 bits per heavy atom. The topological polar surface area (TPSA) is 65.1 Å². The maximum atomic E-state index is 12.8. The highest BCUT2D eigenvalue weighted by Gasteiger charge is 2.37. The minimum Gasteiger partial charge on any atom is -0.495 e. The molecule has 2 aromatic carbocycles. The number of esters is 1. The Morgan fingerprint density at radius 1 is 1.15 bits per heavy atom. The highest BCUT2D eigenvalue weighted by atomic mass is 19.1. The summed E-state index contributed by atoms with van der Waals surface area (Å²) < 4.78 is 28.7. The lowest BCUT2D eigenvalue weighted by molar-refractivity contribution is -0.149. The van der Waals surface area contributed by atoms with E-state index >= 15 is 0 Å². The molecule has 1 aliphatic rings. The van der Waals surface area contributed by atoms with Crippen molar-refractivity contribution in [1.82, 2.24) is 0 Å². The van der Waals surface area contributed by atoms with Crippen molar-refractivity contribution in [2.75, 3.05) is 31.8 Å². The molecule has 27 heavy (non-hydrogen) atoms. The second kappa shape index (κ2) is 8.53. The third-order valence-corrected chi connectivity index (χ3v) is 4.24. The highest BCUT2D eigenvalue weighted by Crippen LogP contribution is 2.33. The zero-order valence-corrected chi connectivity index (χ0v) is 14.9. The van der Waals surface area contributed by atoms with E-state index in [0.29, 0.717) is 17.2 Å². The Labute approximate surface area is 156 Å². The molecule has 0 unspecified atom stereocenters. The SMILES string of the molecule is COc1ccccc1N1C[C@H](C(=O)OCCOc2ccc(F)cc2)CC1=O. The number of anilines is 1. The molecule has 1 atom stereocenters. The van der Waals surface area contributed by atoms with Crippen LogP contribution in [0.1, 0.15) is 6.42 Å². The van der Waals surface area contributed by atoms with Crippen LogP contribution in [0.3, 0.4) is 0 Å². The molecule has 0 saturated carbocycles. The van der Waals surface area contributed by atoms with E-state index in [2.05, 4.69) is 0 Å². The predicted octanol–water partition coefficient (Wildman–Crippen LogP) is 2.81. The Bertz CT molecular complexity index is 808. The van der Waals surface area contributed by atoms with Crippen LogP contribution in [-0.2, 0) is 14.3 Å². The smallest absolute Gasteiger partial charge is 0.311 e. The second-order valence-electron chi connectivity index (χ2n) is 6.05. The summed E-state index contributed by atoms with van der Waals surface area (Å²) in [5, 5.41) is 0. The number of hydrogen-bond donors (Lipinski definition) is 0. The van der Waals surface area contributed by atoms with E-state index in [-0.39, 0.29) is 37.9 Å². The minimum atomic E-state index is -0.534. The average Bonchev–Trinajstić information content (AvgIpc) is 3.08. The van der Waals surface area contributed by atoms with Gasteiger partial charge in [-0.05, 0) is 36.4 Å². The third-order valence-electron chi connectivity index (χ3n) is 4.24. The molecule has 6 nitrogen and oxygen atoms in total. The lowest BCUT2D eigenvalue weighted by atomic mass is 10.1. The molecule has 0 N–H and O–H groups in total. The van der Waals surface area contributed by atoms with Crippen molar-refractivity contribution in [3.8, 4) is 11.5 Å². The van der Waals surface area contributed by atoms with Gasteiger partial charge >= 0.3 is 5.97 Å². The van der Waals surface area contributed by atoms with Gasteiger partial charge in [0.25, 0.3) is 0 Å². The van der Waals surface area contributed by atoms with Crippen LogP contribution < -0.4 is 14.4 Å². The molecular weight excluding hydrogens is 353 g/mol. The predicted molar refractivity (Wildman–Crippen MR) is 96.3 cm³/mol. The third kappa shape index (κ3) is 4.55. The molecule has 0 aromatic heterocycles. The van der Waals surface area contributed by atoms with Crippen LogP contribution in [-0.4, -0.2) is 38.7 Å². The van der Waals surface area contributed by atoms with Crippen LogP contribution in [0.4, 0.5) is 10.1 Å². The van der Waals surface area contributed by atoms with Gasteiger partial charge in [-0.1, -0.05) is 12.1 Å². The van der Waals surface area contributed by atoms with Crippen molar-refractivity contribution >= 4 is 17.6 Å². The Balaban J connectivity index is 1.49. The van der Waals surface area contributed by atoms with E-state index in [1.54, 1.807) is 17.0 Å². The van der Waals surface area contributed by atoms with Gasteiger partial charge in [0.15, 0.2) is 0 Å². The number of carbonyl (C=O) groups is 2. The number of amides is 1. The van der Waals surface area contributed by atoms with Gasteiger partial charge in [0.2, 0.25) is 5.91 Å². The zero-order valence-electron chi connectivity index (χ0n) is 14.9. The molecule has 1 saturated heterocycles. The van der Waals surface area contributed by atoms with Crippen LogP contribution in [0.2, 0.25) is 0 Å². The number of hydrogen-bond acceptors (Lipinski definition) is 5. The first-order valence-corrected chi connectivity index (χ1v) is 8.57. The first kappa shape index (κ1) is 18.7. The van der Waals surface area contributed by atoms with Gasteiger partial charge in [-0.25, -0.2) is 4.39 Å². The van der Waals surface area contributed by atoms with Crippen molar-refractivity contribution in [3.63, 3.8) is 0 Å². The molecule has 142 valence electrons.